The molecule has 0 aliphatic carbocycles. The van der Waals surface area contributed by atoms with Crippen molar-refractivity contribution in [2.75, 3.05) is 28.4 Å². The first kappa shape index (κ1) is 25.7. The van der Waals surface area contributed by atoms with Crippen LogP contribution in [0.1, 0.15) is 31.8 Å². The summed E-state index contributed by atoms with van der Waals surface area (Å²) in [5.41, 5.74) is 1.52. The van der Waals surface area contributed by atoms with Crippen LogP contribution in [0.5, 0.6) is 0 Å². The van der Waals surface area contributed by atoms with Crippen LogP contribution in [0, 0.1) is 0 Å². The van der Waals surface area contributed by atoms with Gasteiger partial charge in [-0.2, -0.15) is 0 Å². The summed E-state index contributed by atoms with van der Waals surface area (Å²) in [5.74, 6) is -1.75. The minimum absolute atomic E-state index is 0.133. The molecule has 172 valence electrons. The number of rotatable bonds is 10. The fourth-order valence-electron chi connectivity index (χ4n) is 2.34. The van der Waals surface area contributed by atoms with E-state index in [9.17, 15) is 18.7 Å². The second-order valence-electron chi connectivity index (χ2n) is 5.97. The van der Waals surface area contributed by atoms with Crippen molar-refractivity contribution in [3.63, 3.8) is 0 Å². The molecule has 0 aromatic heterocycles. The molecule has 0 spiro atoms. The smallest absolute Gasteiger partial charge is 0.367 e. The van der Waals surface area contributed by atoms with Gasteiger partial charge in [-0.15, -0.1) is 0 Å². The highest BCUT2D eigenvalue weighted by molar-refractivity contribution is 7.49. The molecule has 32 heavy (non-hydrogen) atoms. The predicted molar refractivity (Wildman–Crippen MR) is 116 cm³/mol. The second kappa shape index (κ2) is 11.3. The minimum Gasteiger partial charge on any atom is -0.367 e. The first-order valence-corrected chi connectivity index (χ1v) is 11.9. The van der Waals surface area contributed by atoms with Crippen LogP contribution in [0.4, 0.5) is 0 Å². The molecular weight excluding hydrogens is 462 g/mol. The molecule has 0 aliphatic rings. The zero-order chi connectivity index (χ0) is 23.8. The minimum atomic E-state index is -3.97. The number of benzene rings is 2. The van der Waals surface area contributed by atoms with E-state index in [-0.39, 0.29) is 11.1 Å². The lowest BCUT2D eigenvalue weighted by Gasteiger charge is -2.13. The van der Waals surface area contributed by atoms with Crippen molar-refractivity contribution in [2.45, 2.75) is 0 Å². The van der Waals surface area contributed by atoms with Gasteiger partial charge in [0, 0.05) is 28.4 Å². The summed E-state index contributed by atoms with van der Waals surface area (Å²) in [5, 5.41) is 0. The highest BCUT2D eigenvalue weighted by Crippen LogP contribution is 2.48. The van der Waals surface area contributed by atoms with Crippen LogP contribution in [0.3, 0.4) is 0 Å². The van der Waals surface area contributed by atoms with E-state index in [0.717, 1.165) is 28.4 Å². The summed E-state index contributed by atoms with van der Waals surface area (Å²) in [6.07, 6.45) is 3.37. The largest absolute Gasteiger partial charge is 0.531 e. The molecule has 2 aromatic rings. The first-order valence-electron chi connectivity index (χ1n) is 8.96. The maximum atomic E-state index is 12.2. The third kappa shape index (κ3) is 6.97. The average molecular weight is 484 g/mol. The monoisotopic (exact) mass is 484 g/mol. The van der Waals surface area contributed by atoms with Crippen LogP contribution in [-0.4, -0.2) is 40.4 Å². The molecule has 0 unspecified atom stereocenters. The summed E-state index contributed by atoms with van der Waals surface area (Å²) in [6, 6.07) is 12.7. The highest BCUT2D eigenvalue weighted by atomic mass is 31.2. The van der Waals surface area contributed by atoms with Crippen LogP contribution < -0.4 is 0 Å². The van der Waals surface area contributed by atoms with Gasteiger partial charge in [0.15, 0.2) is 0 Å². The van der Waals surface area contributed by atoms with Gasteiger partial charge < -0.3 is 9.05 Å². The second-order valence-corrected chi connectivity index (χ2v) is 9.58. The summed E-state index contributed by atoms with van der Waals surface area (Å²) >= 11 is 0. The maximum Gasteiger partial charge on any atom is 0.531 e. The number of carbonyl (C=O) groups is 2. The van der Waals surface area contributed by atoms with E-state index in [1.165, 1.54) is 24.3 Å². The molecular formula is C20H22O10P2. The summed E-state index contributed by atoms with van der Waals surface area (Å²) in [6.45, 7) is 0. The Balaban J connectivity index is 2.17. The van der Waals surface area contributed by atoms with Gasteiger partial charge in [0.1, 0.15) is 0 Å². The van der Waals surface area contributed by atoms with Crippen LogP contribution in [0.15, 0.2) is 48.5 Å². The molecule has 0 fully saturated rings. The summed E-state index contributed by atoms with van der Waals surface area (Å²) in [4.78, 5) is 24.4. The number of hydrogen-bond acceptors (Lipinski definition) is 10. The van der Waals surface area contributed by atoms with Crippen molar-refractivity contribution in [1.29, 1.82) is 0 Å². The summed E-state index contributed by atoms with van der Waals surface area (Å²) < 4.78 is 51.9. The van der Waals surface area contributed by atoms with E-state index in [0.29, 0.717) is 11.1 Å². The molecule has 12 heteroatoms. The van der Waals surface area contributed by atoms with Crippen molar-refractivity contribution in [2.24, 2.45) is 0 Å². The Morgan fingerprint density at radius 1 is 0.656 bits per heavy atom. The van der Waals surface area contributed by atoms with Gasteiger partial charge in [-0.25, -0.2) is 18.7 Å². The quantitative estimate of drug-likeness (QED) is 0.337. The Hall–Kier alpha value is -2.58. The SMILES string of the molecule is COP(=O)(OC)OC(=O)c1cccc(/C=C/c2cccc(C(=O)OP(=O)(OC)OC)c2)c1. The molecule has 10 nitrogen and oxygen atoms in total. The van der Waals surface area contributed by atoms with Crippen LogP contribution in [0.2, 0.25) is 0 Å². The predicted octanol–water partition coefficient (Wildman–Crippen LogP) is 4.97. The number of hydrogen-bond donors (Lipinski definition) is 0. The third-order valence-corrected chi connectivity index (χ3v) is 6.56. The van der Waals surface area contributed by atoms with Gasteiger partial charge in [-0.1, -0.05) is 36.4 Å². The van der Waals surface area contributed by atoms with Gasteiger partial charge >= 0.3 is 27.6 Å². The van der Waals surface area contributed by atoms with E-state index in [1.54, 1.807) is 36.4 Å². The summed E-state index contributed by atoms with van der Waals surface area (Å²) in [7, 11) is -3.53. The molecule has 0 radical (unpaired) electrons. The standard InChI is InChI=1S/C20H22O10P2/c1-25-31(23,26-2)29-19(21)17-9-5-7-15(13-17)11-12-16-8-6-10-18(14-16)20(22)30-32(24,27-3)28-4/h5-14H,1-4H3/b12-11+. The highest BCUT2D eigenvalue weighted by Gasteiger charge is 2.29. The molecule has 0 saturated carbocycles. The van der Waals surface area contributed by atoms with Crippen LogP contribution in [0.25, 0.3) is 12.2 Å². The Morgan fingerprint density at radius 2 is 1.00 bits per heavy atom. The van der Waals surface area contributed by atoms with Crippen molar-refractivity contribution >= 4 is 39.7 Å². The zero-order valence-corrected chi connectivity index (χ0v) is 19.5. The third-order valence-electron chi connectivity index (χ3n) is 4.00. The van der Waals surface area contributed by atoms with Gasteiger partial charge in [0.25, 0.3) is 0 Å². The molecule has 0 bridgehead atoms. The van der Waals surface area contributed by atoms with Crippen LogP contribution in [-0.2, 0) is 36.3 Å². The Labute approximate surface area is 185 Å². The zero-order valence-electron chi connectivity index (χ0n) is 17.8. The van der Waals surface area contributed by atoms with E-state index in [2.05, 4.69) is 18.1 Å². The van der Waals surface area contributed by atoms with E-state index in [4.69, 9.17) is 9.05 Å². The van der Waals surface area contributed by atoms with Gasteiger partial charge in [-0.05, 0) is 35.4 Å². The lowest BCUT2D eigenvalue weighted by molar-refractivity contribution is 0.0627. The molecule has 0 saturated heterocycles. The molecule has 0 amide bonds. The van der Waals surface area contributed by atoms with Crippen molar-refractivity contribution in [3.05, 3.63) is 70.8 Å². The number of carbonyl (C=O) groups excluding carboxylic acids is 2. The Kier molecular flexibility index (Phi) is 9.09. The maximum absolute atomic E-state index is 12.2. The number of phosphoric acid groups is 2. The van der Waals surface area contributed by atoms with Crippen molar-refractivity contribution in [1.82, 2.24) is 0 Å². The molecule has 0 aliphatic heterocycles. The lowest BCUT2D eigenvalue weighted by atomic mass is 10.1. The number of phosphoric ester groups is 2. The fourth-order valence-corrected chi connectivity index (χ4v) is 3.55. The Bertz CT molecular complexity index is 994. The van der Waals surface area contributed by atoms with Gasteiger partial charge in [0.05, 0.1) is 11.1 Å². The van der Waals surface area contributed by atoms with Crippen molar-refractivity contribution in [3.8, 4) is 0 Å². The van der Waals surface area contributed by atoms with Gasteiger partial charge in [0.2, 0.25) is 0 Å². The molecule has 0 atom stereocenters. The van der Waals surface area contributed by atoms with E-state index < -0.39 is 27.6 Å². The van der Waals surface area contributed by atoms with Crippen LogP contribution >= 0.6 is 15.6 Å². The lowest BCUT2D eigenvalue weighted by Crippen LogP contribution is -2.05. The normalized spacial score (nSPS) is 12.0. The topological polar surface area (TPSA) is 124 Å². The molecule has 2 aromatic carbocycles. The van der Waals surface area contributed by atoms with Gasteiger partial charge in [-0.3, -0.25) is 18.1 Å². The van der Waals surface area contributed by atoms with Crippen molar-refractivity contribution < 1.29 is 45.9 Å². The first-order chi connectivity index (χ1) is 15.2. The molecule has 2 rings (SSSR count). The molecule has 0 N–H and O–H groups in total. The molecule has 0 heterocycles. The average Bonchev–Trinajstić information content (AvgIpc) is 2.82. The van der Waals surface area contributed by atoms with E-state index >= 15 is 0 Å². The fraction of sp³-hybridized carbons (Fsp3) is 0.200. The Morgan fingerprint density at radius 3 is 1.31 bits per heavy atom. The van der Waals surface area contributed by atoms with E-state index in [1.807, 2.05) is 0 Å².